The summed E-state index contributed by atoms with van der Waals surface area (Å²) < 4.78 is 23.7. The van der Waals surface area contributed by atoms with Gasteiger partial charge in [-0.15, -0.1) is 0 Å². The Morgan fingerprint density at radius 2 is 1.31 bits per heavy atom. The van der Waals surface area contributed by atoms with Gasteiger partial charge in [-0.25, -0.2) is 9.59 Å². The Balaban J connectivity index is 0.000000144. The van der Waals surface area contributed by atoms with Gasteiger partial charge in [0.15, 0.2) is 5.58 Å². The number of para-hydroxylation sites is 2. The second-order valence-corrected chi connectivity index (χ2v) is 14.2. The van der Waals surface area contributed by atoms with Crippen LogP contribution in [-0.4, -0.2) is 43.3 Å². The molecule has 0 bridgehead atoms. The van der Waals surface area contributed by atoms with E-state index in [9.17, 15) is 19.6 Å². The minimum Gasteiger partial charge on any atom is -0.465 e. The molecular weight excluding hydrogens is 906 g/mol. The van der Waals surface area contributed by atoms with Gasteiger partial charge in [0.05, 0.1) is 42.3 Å². The molecule has 0 atom stereocenters. The average Bonchev–Trinajstić information content (AvgIpc) is 3.74. The molecule has 0 unspecified atom stereocenters. The molecule has 2 aromatic heterocycles. The van der Waals surface area contributed by atoms with Crippen molar-refractivity contribution < 1.29 is 37.9 Å². The van der Waals surface area contributed by atoms with Gasteiger partial charge in [-0.2, -0.15) is 0 Å². The van der Waals surface area contributed by atoms with E-state index in [1.54, 1.807) is 24.3 Å². The summed E-state index contributed by atoms with van der Waals surface area (Å²) in [5, 5.41) is 22.2. The molecule has 52 heavy (non-hydrogen) atoms. The lowest BCUT2D eigenvalue weighted by molar-refractivity contribution is 0.0591. The van der Waals surface area contributed by atoms with Crippen LogP contribution in [0.5, 0.6) is 0 Å². The first-order chi connectivity index (χ1) is 25.1. The van der Waals surface area contributed by atoms with Crippen LogP contribution in [0.25, 0.3) is 55.6 Å². The van der Waals surface area contributed by atoms with E-state index < -0.39 is 7.12 Å². The highest BCUT2D eigenvalue weighted by Crippen LogP contribution is 2.38. The van der Waals surface area contributed by atoms with Crippen LogP contribution in [0.4, 0.5) is 0 Å². The van der Waals surface area contributed by atoms with Gasteiger partial charge in [0.25, 0.3) is 0 Å². The van der Waals surface area contributed by atoms with Gasteiger partial charge < -0.3 is 28.4 Å². The molecule has 2 N–H and O–H groups in total. The van der Waals surface area contributed by atoms with E-state index in [0.717, 1.165) is 61.8 Å². The Labute approximate surface area is 328 Å². The highest BCUT2D eigenvalue weighted by Gasteiger charge is 2.26. The maximum atomic E-state index is 12.2. The molecule has 0 radical (unpaired) electrons. The number of rotatable bonds is 4. The van der Waals surface area contributed by atoms with Crippen molar-refractivity contribution in [1.82, 2.24) is 0 Å². The number of ether oxygens (including phenoxy) is 2. The van der Waals surface area contributed by atoms with Crippen molar-refractivity contribution in [3.63, 3.8) is 0 Å². The van der Waals surface area contributed by atoms with E-state index in [-0.39, 0.29) is 11.9 Å². The van der Waals surface area contributed by atoms with Gasteiger partial charge in [0.1, 0.15) is 22.5 Å². The van der Waals surface area contributed by atoms with Gasteiger partial charge in [-0.05, 0) is 88.3 Å². The first-order valence-electron chi connectivity index (χ1n) is 15.6. The standard InChI is InChI=1S/C20H13BrO3.C12H8BO3.C8H6BrIO2/c1-23-20(22)16-11-12(21)9-10-13(16)14-6-4-8-18-19(14)15-5-2-3-7-17(15)24-18;14-13(15)9-5-3-7-11-12(9)8-4-1-2-6-10(8)16-11;1-12-8(11)6-4-5(9)2-3-7(6)10/h2-11H,1H3;1-2,4-7,14-15H;2-4H,1H3/q;+1;. The van der Waals surface area contributed by atoms with Crippen LogP contribution in [0.15, 0.2) is 127 Å². The molecule has 0 aliphatic heterocycles. The molecule has 8 rings (SSSR count). The predicted octanol–water partition coefficient (Wildman–Crippen LogP) is 8.39. The topological polar surface area (TPSA) is 119 Å². The van der Waals surface area contributed by atoms with Crippen molar-refractivity contribution >= 4 is 118 Å². The average molecular weight is 933 g/mol. The zero-order chi connectivity index (χ0) is 36.9. The number of fused-ring (bicyclic) bond motifs is 6. The van der Waals surface area contributed by atoms with Crippen molar-refractivity contribution in [2.45, 2.75) is 0 Å². The lowest BCUT2D eigenvalue weighted by atomic mass is 9.76. The monoisotopic (exact) mass is 931 g/mol. The Bertz CT molecular complexity index is 2630. The van der Waals surface area contributed by atoms with E-state index >= 15 is 0 Å². The summed E-state index contributed by atoms with van der Waals surface area (Å²) in [6.45, 7) is 0. The van der Waals surface area contributed by atoms with Crippen LogP contribution in [0.3, 0.4) is 0 Å². The number of carbonyl (C=O) groups is 2. The summed E-state index contributed by atoms with van der Waals surface area (Å²) in [7, 11) is 1.25. The molecule has 0 spiro atoms. The Kier molecular flexibility index (Phi) is 11.7. The van der Waals surface area contributed by atoms with Crippen molar-refractivity contribution in [3.05, 3.63) is 150 Å². The molecule has 0 amide bonds. The highest BCUT2D eigenvalue weighted by molar-refractivity contribution is 14.1. The minimum absolute atomic E-state index is 0.305. The molecule has 5 aromatic carbocycles. The molecule has 1 aliphatic rings. The lowest BCUT2D eigenvalue weighted by Crippen LogP contribution is -2.31. The van der Waals surface area contributed by atoms with E-state index in [1.165, 1.54) is 14.2 Å². The number of allylic oxidation sites excluding steroid dienone is 2. The maximum Gasteiger partial charge on any atom is 0.570 e. The molecule has 0 saturated carbocycles. The molecule has 7 aromatic rings. The summed E-state index contributed by atoms with van der Waals surface area (Å²) in [6.07, 6.45) is 6.09. The van der Waals surface area contributed by atoms with E-state index in [2.05, 4.69) is 65.3 Å². The van der Waals surface area contributed by atoms with Gasteiger partial charge in [-0.1, -0.05) is 80.4 Å². The first kappa shape index (κ1) is 37.2. The van der Waals surface area contributed by atoms with Gasteiger partial charge >= 0.3 is 19.1 Å². The zero-order valence-corrected chi connectivity index (χ0v) is 32.9. The second kappa shape index (κ2) is 16.4. The largest absolute Gasteiger partial charge is 0.570 e. The summed E-state index contributed by atoms with van der Waals surface area (Å²) in [5.41, 5.74) is 6.28. The number of methoxy groups -OCH3 is 2. The molecule has 258 valence electrons. The van der Waals surface area contributed by atoms with Crippen molar-refractivity contribution in [1.29, 1.82) is 0 Å². The number of hydrogen-bond donors (Lipinski definition) is 2. The molecule has 0 fully saturated rings. The number of carbonyl (C=O) groups excluding carboxylic acids is 2. The molecule has 2 heterocycles. The normalized spacial score (nSPS) is 11.4. The Hall–Kier alpha value is -4.56. The molecule has 8 nitrogen and oxygen atoms in total. The van der Waals surface area contributed by atoms with Gasteiger partial charge in [0, 0.05) is 29.4 Å². The van der Waals surface area contributed by atoms with Gasteiger partial charge in [-0.3, -0.25) is 0 Å². The fourth-order valence-electron chi connectivity index (χ4n) is 5.74. The number of furan rings is 2. The lowest BCUT2D eigenvalue weighted by Gasteiger charge is -2.10. The predicted molar refractivity (Wildman–Crippen MR) is 218 cm³/mol. The first-order valence-corrected chi connectivity index (χ1v) is 18.3. The summed E-state index contributed by atoms with van der Waals surface area (Å²) in [6, 6.07) is 32.4. The number of halogens is 3. The number of esters is 2. The Morgan fingerprint density at radius 3 is 2.00 bits per heavy atom. The van der Waals surface area contributed by atoms with Crippen LogP contribution in [0.2, 0.25) is 0 Å². The quantitative estimate of drug-likeness (QED) is 0.0783. The number of hydrogen-bond acceptors (Lipinski definition) is 8. The SMILES string of the molecule is COC(=O)c1cc(Br)ccc1-c1cccc2oc3ccccc3c12.COC(=O)c1cc(Br)ccc1I.OB(O)C1=c2c(oc3ccccc23)=C[C+]=C1. The highest BCUT2D eigenvalue weighted by atomic mass is 127. The van der Waals surface area contributed by atoms with Crippen molar-refractivity contribution in [2.75, 3.05) is 14.2 Å². The summed E-state index contributed by atoms with van der Waals surface area (Å²) in [5.74, 6) is -0.670. The smallest absolute Gasteiger partial charge is 0.465 e. The minimum atomic E-state index is -1.51. The van der Waals surface area contributed by atoms with Gasteiger partial charge in [0.2, 0.25) is 5.42 Å². The third kappa shape index (κ3) is 7.78. The fraction of sp³-hybridized carbons (Fsp3) is 0.0500. The third-order valence-electron chi connectivity index (χ3n) is 8.06. The fourth-order valence-corrected chi connectivity index (χ4v) is 7.02. The summed E-state index contributed by atoms with van der Waals surface area (Å²) in [4.78, 5) is 23.4. The number of benzene rings is 5. The summed E-state index contributed by atoms with van der Waals surface area (Å²) >= 11 is 8.80. The Morgan fingerprint density at radius 1 is 0.712 bits per heavy atom. The zero-order valence-electron chi connectivity index (χ0n) is 27.5. The molecule has 12 heteroatoms. The second-order valence-electron chi connectivity index (χ2n) is 11.2. The van der Waals surface area contributed by atoms with Crippen LogP contribution in [0, 0.1) is 9.65 Å². The molecular formula is C40H27BBr2IO8+. The van der Waals surface area contributed by atoms with Crippen LogP contribution >= 0.6 is 54.5 Å². The third-order valence-corrected chi connectivity index (χ3v) is 9.98. The van der Waals surface area contributed by atoms with Crippen molar-refractivity contribution in [2.24, 2.45) is 0 Å². The van der Waals surface area contributed by atoms with Crippen LogP contribution < -0.4 is 10.6 Å². The van der Waals surface area contributed by atoms with Crippen LogP contribution in [0.1, 0.15) is 20.7 Å². The molecule has 0 saturated heterocycles. The van der Waals surface area contributed by atoms with E-state index in [0.29, 0.717) is 22.0 Å². The van der Waals surface area contributed by atoms with Crippen molar-refractivity contribution in [3.8, 4) is 11.1 Å². The van der Waals surface area contributed by atoms with Crippen LogP contribution in [-0.2, 0) is 9.47 Å². The molecule has 1 aliphatic carbocycles. The van der Waals surface area contributed by atoms with E-state index in [1.807, 2.05) is 91.0 Å². The maximum absolute atomic E-state index is 12.2. The van der Waals surface area contributed by atoms with E-state index in [4.69, 9.17) is 13.6 Å².